The molecule has 0 fully saturated rings. The Kier molecular flexibility index (Phi) is 4.56. The monoisotopic (exact) mass is 375 g/mol. The molecular formula is C17H17N3O5S. The van der Waals surface area contributed by atoms with Crippen molar-refractivity contribution in [3.8, 4) is 5.75 Å². The third kappa shape index (κ3) is 3.62. The standard InChI is InChI=1S/C17H17N3O5S/c1-10-4-7-15(11(2)8-10)26(22,23)25-12-5-6-13-14(9-12)19-16(18-13)20-17(21)24-3/h4-9H,1-3H3,(H2,18,19,20,21). The van der Waals surface area contributed by atoms with Gasteiger partial charge in [-0.2, -0.15) is 8.42 Å². The summed E-state index contributed by atoms with van der Waals surface area (Å²) in [4.78, 5) is 18.3. The van der Waals surface area contributed by atoms with E-state index in [0.29, 0.717) is 16.6 Å². The number of aryl methyl sites for hydroxylation is 2. The van der Waals surface area contributed by atoms with Crippen molar-refractivity contribution >= 4 is 33.2 Å². The average molecular weight is 375 g/mol. The summed E-state index contributed by atoms with van der Waals surface area (Å²) in [5, 5.41) is 2.40. The van der Waals surface area contributed by atoms with Crippen LogP contribution in [0, 0.1) is 13.8 Å². The first kappa shape index (κ1) is 17.7. The van der Waals surface area contributed by atoms with Crippen molar-refractivity contribution in [3.63, 3.8) is 0 Å². The highest BCUT2D eigenvalue weighted by atomic mass is 32.2. The van der Waals surface area contributed by atoms with Gasteiger partial charge >= 0.3 is 16.2 Å². The molecule has 9 heteroatoms. The van der Waals surface area contributed by atoms with E-state index in [-0.39, 0.29) is 16.6 Å². The van der Waals surface area contributed by atoms with Gasteiger partial charge in [0.05, 0.1) is 18.1 Å². The van der Waals surface area contributed by atoms with E-state index in [0.717, 1.165) is 5.56 Å². The molecule has 1 heterocycles. The number of carbonyl (C=O) groups excluding carboxylic acids is 1. The normalized spacial score (nSPS) is 11.3. The number of aromatic nitrogens is 2. The average Bonchev–Trinajstić information content (AvgIpc) is 2.95. The summed E-state index contributed by atoms with van der Waals surface area (Å²) >= 11 is 0. The molecule has 2 aromatic carbocycles. The number of ether oxygens (including phenoxy) is 1. The van der Waals surface area contributed by atoms with Crippen LogP contribution < -0.4 is 9.50 Å². The number of hydrogen-bond acceptors (Lipinski definition) is 6. The van der Waals surface area contributed by atoms with Crippen LogP contribution in [0.2, 0.25) is 0 Å². The molecule has 0 aliphatic heterocycles. The van der Waals surface area contributed by atoms with Gasteiger partial charge in [-0.25, -0.2) is 9.78 Å². The summed E-state index contributed by atoms with van der Waals surface area (Å²) in [7, 11) is -2.73. The number of methoxy groups -OCH3 is 1. The Bertz CT molecular complexity index is 1090. The molecule has 0 unspecified atom stereocenters. The van der Waals surface area contributed by atoms with Crippen LogP contribution in [-0.2, 0) is 14.9 Å². The maximum absolute atomic E-state index is 12.5. The molecule has 0 aliphatic rings. The number of benzene rings is 2. The molecule has 2 N–H and O–H groups in total. The van der Waals surface area contributed by atoms with Crippen molar-refractivity contribution in [2.24, 2.45) is 0 Å². The Balaban J connectivity index is 1.89. The van der Waals surface area contributed by atoms with E-state index in [1.165, 1.54) is 25.3 Å². The molecule has 0 saturated carbocycles. The lowest BCUT2D eigenvalue weighted by Crippen LogP contribution is -2.11. The van der Waals surface area contributed by atoms with Crippen LogP contribution in [0.25, 0.3) is 11.0 Å². The van der Waals surface area contributed by atoms with Gasteiger partial charge in [-0.05, 0) is 37.6 Å². The fraction of sp³-hybridized carbons (Fsp3) is 0.176. The molecule has 1 amide bonds. The fourth-order valence-corrected chi connectivity index (χ4v) is 3.63. The van der Waals surface area contributed by atoms with Crippen molar-refractivity contribution < 1.29 is 22.1 Å². The van der Waals surface area contributed by atoms with Crippen molar-refractivity contribution in [1.29, 1.82) is 0 Å². The minimum absolute atomic E-state index is 0.112. The minimum Gasteiger partial charge on any atom is -0.453 e. The Morgan fingerprint density at radius 1 is 1.15 bits per heavy atom. The Morgan fingerprint density at radius 3 is 2.62 bits per heavy atom. The number of rotatable bonds is 4. The molecule has 0 atom stereocenters. The second-order valence-electron chi connectivity index (χ2n) is 5.69. The first-order chi connectivity index (χ1) is 12.3. The quantitative estimate of drug-likeness (QED) is 0.678. The Labute approximate surface area is 150 Å². The van der Waals surface area contributed by atoms with Crippen LogP contribution in [0.5, 0.6) is 5.75 Å². The highest BCUT2D eigenvalue weighted by Crippen LogP contribution is 2.25. The molecule has 3 rings (SSSR count). The zero-order valence-corrected chi connectivity index (χ0v) is 15.2. The zero-order valence-electron chi connectivity index (χ0n) is 14.4. The van der Waals surface area contributed by atoms with Crippen LogP contribution in [-0.4, -0.2) is 31.6 Å². The van der Waals surface area contributed by atoms with Crippen molar-refractivity contribution in [2.75, 3.05) is 12.4 Å². The second kappa shape index (κ2) is 6.68. The molecule has 136 valence electrons. The first-order valence-corrected chi connectivity index (χ1v) is 9.06. The first-order valence-electron chi connectivity index (χ1n) is 7.65. The maximum atomic E-state index is 12.5. The molecule has 0 aliphatic carbocycles. The lowest BCUT2D eigenvalue weighted by atomic mass is 10.2. The molecule has 3 aromatic rings. The largest absolute Gasteiger partial charge is 0.453 e. The number of hydrogen-bond donors (Lipinski definition) is 2. The van der Waals surface area contributed by atoms with Gasteiger partial charge in [0.25, 0.3) is 0 Å². The van der Waals surface area contributed by atoms with Gasteiger partial charge in [0.15, 0.2) is 0 Å². The summed E-state index contributed by atoms with van der Waals surface area (Å²) in [6.07, 6.45) is -0.669. The van der Waals surface area contributed by atoms with Crippen LogP contribution in [0.4, 0.5) is 10.7 Å². The van der Waals surface area contributed by atoms with Gasteiger partial charge in [0, 0.05) is 6.07 Å². The minimum atomic E-state index is -3.97. The predicted octanol–water partition coefficient (Wildman–Crippen LogP) is 3.13. The summed E-state index contributed by atoms with van der Waals surface area (Å²) in [6, 6.07) is 9.58. The lowest BCUT2D eigenvalue weighted by Gasteiger charge is -2.09. The van der Waals surface area contributed by atoms with Gasteiger partial charge in [0.1, 0.15) is 10.6 Å². The number of nitrogens with one attached hydrogen (secondary N) is 2. The number of nitrogens with zero attached hydrogens (tertiary/aromatic N) is 1. The smallest absolute Gasteiger partial charge is 0.413 e. The highest BCUT2D eigenvalue weighted by molar-refractivity contribution is 7.87. The predicted molar refractivity (Wildman–Crippen MR) is 95.9 cm³/mol. The summed E-state index contributed by atoms with van der Waals surface area (Å²) in [5.41, 5.74) is 2.61. The van der Waals surface area contributed by atoms with Gasteiger partial charge in [-0.1, -0.05) is 17.7 Å². The molecular weight excluding hydrogens is 358 g/mol. The second-order valence-corrected chi connectivity index (χ2v) is 7.20. The van der Waals surface area contributed by atoms with Crippen LogP contribution >= 0.6 is 0 Å². The highest BCUT2D eigenvalue weighted by Gasteiger charge is 2.20. The van der Waals surface area contributed by atoms with E-state index in [2.05, 4.69) is 20.0 Å². The number of imidazole rings is 1. The van der Waals surface area contributed by atoms with E-state index in [1.807, 2.05) is 6.92 Å². The number of fused-ring (bicyclic) bond motifs is 1. The van der Waals surface area contributed by atoms with Gasteiger partial charge < -0.3 is 13.9 Å². The van der Waals surface area contributed by atoms with E-state index in [9.17, 15) is 13.2 Å². The third-order valence-electron chi connectivity index (χ3n) is 3.66. The summed E-state index contributed by atoms with van der Waals surface area (Å²) < 4.78 is 34.8. The molecule has 0 bridgehead atoms. The van der Waals surface area contributed by atoms with E-state index in [4.69, 9.17) is 4.18 Å². The van der Waals surface area contributed by atoms with Crippen LogP contribution in [0.15, 0.2) is 41.3 Å². The van der Waals surface area contributed by atoms with Gasteiger partial charge in [-0.3, -0.25) is 5.32 Å². The number of carbonyl (C=O) groups is 1. The van der Waals surface area contributed by atoms with E-state index < -0.39 is 16.2 Å². The summed E-state index contributed by atoms with van der Waals surface area (Å²) in [6.45, 7) is 3.60. The Morgan fingerprint density at radius 2 is 1.92 bits per heavy atom. The molecule has 26 heavy (non-hydrogen) atoms. The van der Waals surface area contributed by atoms with Gasteiger partial charge in [0.2, 0.25) is 5.95 Å². The maximum Gasteiger partial charge on any atom is 0.413 e. The van der Waals surface area contributed by atoms with Crippen molar-refractivity contribution in [3.05, 3.63) is 47.5 Å². The topological polar surface area (TPSA) is 110 Å². The number of H-pyrrole nitrogens is 1. The molecule has 0 radical (unpaired) electrons. The fourth-order valence-electron chi connectivity index (χ4n) is 2.50. The van der Waals surface area contributed by atoms with Crippen LogP contribution in [0.3, 0.4) is 0 Å². The molecule has 1 aromatic heterocycles. The Hall–Kier alpha value is -3.07. The van der Waals surface area contributed by atoms with Crippen LogP contribution in [0.1, 0.15) is 11.1 Å². The number of amides is 1. The van der Waals surface area contributed by atoms with E-state index >= 15 is 0 Å². The number of anilines is 1. The summed E-state index contributed by atoms with van der Waals surface area (Å²) in [5.74, 6) is 0.312. The van der Waals surface area contributed by atoms with E-state index in [1.54, 1.807) is 25.1 Å². The zero-order chi connectivity index (χ0) is 18.9. The molecule has 0 saturated heterocycles. The SMILES string of the molecule is COC(=O)Nc1nc2ccc(OS(=O)(=O)c3ccc(C)cc3C)cc2[nH]1. The third-order valence-corrected chi connectivity index (χ3v) is 5.07. The molecule has 8 nitrogen and oxygen atoms in total. The van der Waals surface area contributed by atoms with Crippen molar-refractivity contribution in [2.45, 2.75) is 18.7 Å². The van der Waals surface area contributed by atoms with Gasteiger partial charge in [-0.15, -0.1) is 0 Å². The lowest BCUT2D eigenvalue weighted by molar-refractivity contribution is 0.186. The number of aromatic amines is 1. The molecule has 0 spiro atoms. The van der Waals surface area contributed by atoms with Crippen molar-refractivity contribution in [1.82, 2.24) is 9.97 Å².